The number of hydrogen-bond donors (Lipinski definition) is 1. The van der Waals surface area contributed by atoms with E-state index in [0.717, 1.165) is 24.6 Å². The molecule has 0 aliphatic carbocycles. The summed E-state index contributed by atoms with van der Waals surface area (Å²) in [5.41, 5.74) is 6.75. The van der Waals surface area contributed by atoms with E-state index in [4.69, 9.17) is 5.73 Å². The monoisotopic (exact) mass is 225 g/mol. The predicted octanol–water partition coefficient (Wildman–Crippen LogP) is 2.00. The van der Waals surface area contributed by atoms with Crippen LogP contribution >= 0.6 is 11.3 Å². The van der Waals surface area contributed by atoms with Crippen LogP contribution in [-0.2, 0) is 6.42 Å². The fourth-order valence-electron chi connectivity index (χ4n) is 2.16. The number of nitrogens with two attached hydrogens (primary N) is 1. The molecule has 0 spiro atoms. The Morgan fingerprint density at radius 2 is 2.53 bits per heavy atom. The minimum absolute atomic E-state index is 0.692. The highest BCUT2D eigenvalue weighted by atomic mass is 32.1. The average molecular weight is 225 g/mol. The van der Waals surface area contributed by atoms with E-state index >= 15 is 0 Å². The highest BCUT2D eigenvalue weighted by Crippen LogP contribution is 2.19. The molecule has 4 heteroatoms. The van der Waals surface area contributed by atoms with E-state index in [1.165, 1.54) is 25.9 Å². The van der Waals surface area contributed by atoms with Gasteiger partial charge in [-0.2, -0.15) is 0 Å². The first-order valence-corrected chi connectivity index (χ1v) is 6.58. The normalized spacial score (nSPS) is 22.3. The quantitative estimate of drug-likeness (QED) is 0.852. The molecule has 1 aliphatic rings. The summed E-state index contributed by atoms with van der Waals surface area (Å²) in [6, 6.07) is 0. The molecule has 1 aromatic rings. The summed E-state index contributed by atoms with van der Waals surface area (Å²) in [6.07, 6.45) is 3.74. The van der Waals surface area contributed by atoms with Crippen molar-refractivity contribution in [3.63, 3.8) is 0 Å². The van der Waals surface area contributed by atoms with Gasteiger partial charge in [-0.1, -0.05) is 13.3 Å². The second-order valence-electron chi connectivity index (χ2n) is 4.29. The van der Waals surface area contributed by atoms with Gasteiger partial charge >= 0.3 is 0 Å². The largest absolute Gasteiger partial charge is 0.375 e. The Kier molecular flexibility index (Phi) is 3.59. The van der Waals surface area contributed by atoms with Crippen LogP contribution in [0.4, 0.5) is 5.13 Å². The lowest BCUT2D eigenvalue weighted by Gasteiger charge is -2.14. The van der Waals surface area contributed by atoms with E-state index in [2.05, 4.69) is 22.2 Å². The lowest BCUT2D eigenvalue weighted by molar-refractivity contribution is 0.326. The van der Waals surface area contributed by atoms with Gasteiger partial charge in [-0.3, -0.25) is 0 Å². The number of likely N-dealkylation sites (tertiary alicyclic amines) is 1. The molecule has 2 rings (SSSR count). The first-order valence-electron chi connectivity index (χ1n) is 5.70. The minimum atomic E-state index is 0.692. The third kappa shape index (κ3) is 2.92. The second kappa shape index (κ2) is 4.94. The van der Waals surface area contributed by atoms with Crippen LogP contribution in [0.15, 0.2) is 5.38 Å². The molecule has 84 valence electrons. The van der Waals surface area contributed by atoms with Crippen molar-refractivity contribution < 1.29 is 0 Å². The van der Waals surface area contributed by atoms with Crippen molar-refractivity contribution in [3.05, 3.63) is 11.1 Å². The maximum Gasteiger partial charge on any atom is 0.180 e. The Morgan fingerprint density at radius 1 is 1.67 bits per heavy atom. The number of hydrogen-bond acceptors (Lipinski definition) is 4. The standard InChI is InChI=1S/C11H19N3S/c1-2-9-3-5-14(7-9)6-4-10-8-15-11(12)13-10/h8-9H,2-7H2,1H3,(H2,12,13). The lowest BCUT2D eigenvalue weighted by Crippen LogP contribution is -2.23. The Labute approximate surface area is 95.3 Å². The van der Waals surface area contributed by atoms with Crippen LogP contribution in [0.25, 0.3) is 0 Å². The number of anilines is 1. The Morgan fingerprint density at radius 3 is 3.13 bits per heavy atom. The molecule has 2 heterocycles. The van der Waals surface area contributed by atoms with Crippen molar-refractivity contribution in [1.29, 1.82) is 0 Å². The zero-order chi connectivity index (χ0) is 10.7. The Balaban J connectivity index is 1.75. The fourth-order valence-corrected chi connectivity index (χ4v) is 2.76. The maximum absolute atomic E-state index is 5.60. The van der Waals surface area contributed by atoms with Gasteiger partial charge in [0.15, 0.2) is 5.13 Å². The number of rotatable bonds is 4. The van der Waals surface area contributed by atoms with Gasteiger partial charge in [-0.25, -0.2) is 4.98 Å². The van der Waals surface area contributed by atoms with Crippen molar-refractivity contribution in [1.82, 2.24) is 9.88 Å². The topological polar surface area (TPSA) is 42.1 Å². The number of thiazole rings is 1. The zero-order valence-electron chi connectivity index (χ0n) is 9.28. The van der Waals surface area contributed by atoms with E-state index in [0.29, 0.717) is 5.13 Å². The molecule has 0 radical (unpaired) electrons. The number of aromatic nitrogens is 1. The Hall–Kier alpha value is -0.610. The smallest absolute Gasteiger partial charge is 0.180 e. The van der Waals surface area contributed by atoms with Crippen molar-refractivity contribution in [3.8, 4) is 0 Å². The molecule has 2 N–H and O–H groups in total. The van der Waals surface area contributed by atoms with Gasteiger partial charge in [-0.05, 0) is 18.9 Å². The summed E-state index contributed by atoms with van der Waals surface area (Å²) in [5, 5.41) is 2.76. The van der Waals surface area contributed by atoms with Crippen LogP contribution in [0, 0.1) is 5.92 Å². The molecule has 3 nitrogen and oxygen atoms in total. The molecule has 1 saturated heterocycles. The molecule has 0 aromatic carbocycles. The maximum atomic E-state index is 5.60. The van der Waals surface area contributed by atoms with E-state index in [9.17, 15) is 0 Å². The first kappa shape index (κ1) is 10.9. The van der Waals surface area contributed by atoms with Crippen LogP contribution < -0.4 is 5.73 Å². The van der Waals surface area contributed by atoms with E-state index in [1.807, 2.05) is 0 Å². The molecule has 15 heavy (non-hydrogen) atoms. The molecule has 1 unspecified atom stereocenters. The van der Waals surface area contributed by atoms with Gasteiger partial charge < -0.3 is 10.6 Å². The van der Waals surface area contributed by atoms with Gasteiger partial charge in [-0.15, -0.1) is 11.3 Å². The van der Waals surface area contributed by atoms with Crippen molar-refractivity contribution in [2.75, 3.05) is 25.4 Å². The molecular formula is C11H19N3S. The van der Waals surface area contributed by atoms with E-state index in [-0.39, 0.29) is 0 Å². The third-order valence-corrected chi connectivity index (χ3v) is 3.92. The summed E-state index contributed by atoms with van der Waals surface area (Å²) in [5.74, 6) is 0.922. The predicted molar refractivity (Wildman–Crippen MR) is 65.1 cm³/mol. The number of nitrogen functional groups attached to an aromatic ring is 1. The van der Waals surface area contributed by atoms with Gasteiger partial charge in [0, 0.05) is 24.9 Å². The van der Waals surface area contributed by atoms with Crippen molar-refractivity contribution >= 4 is 16.5 Å². The SMILES string of the molecule is CCC1CCN(CCc2csc(N)n2)C1. The molecule has 1 fully saturated rings. The van der Waals surface area contributed by atoms with Crippen LogP contribution in [-0.4, -0.2) is 29.5 Å². The van der Waals surface area contributed by atoms with Gasteiger partial charge in [0.25, 0.3) is 0 Å². The minimum Gasteiger partial charge on any atom is -0.375 e. The van der Waals surface area contributed by atoms with Crippen LogP contribution in [0.1, 0.15) is 25.5 Å². The van der Waals surface area contributed by atoms with Gasteiger partial charge in [0.1, 0.15) is 0 Å². The molecule has 0 bridgehead atoms. The highest BCUT2D eigenvalue weighted by molar-refractivity contribution is 7.13. The first-order chi connectivity index (χ1) is 7.28. The zero-order valence-corrected chi connectivity index (χ0v) is 10.1. The summed E-state index contributed by atoms with van der Waals surface area (Å²) in [7, 11) is 0. The molecule has 0 saturated carbocycles. The molecule has 1 aliphatic heterocycles. The van der Waals surface area contributed by atoms with Crippen LogP contribution in [0.5, 0.6) is 0 Å². The Bertz CT molecular complexity index is 311. The summed E-state index contributed by atoms with van der Waals surface area (Å²) >= 11 is 1.54. The van der Waals surface area contributed by atoms with Crippen LogP contribution in [0.3, 0.4) is 0 Å². The molecule has 0 amide bonds. The average Bonchev–Trinajstić information content (AvgIpc) is 2.83. The fraction of sp³-hybridized carbons (Fsp3) is 0.727. The summed E-state index contributed by atoms with van der Waals surface area (Å²) in [4.78, 5) is 6.83. The lowest BCUT2D eigenvalue weighted by atomic mass is 10.1. The van der Waals surface area contributed by atoms with Crippen LogP contribution in [0.2, 0.25) is 0 Å². The molecule has 1 atom stereocenters. The van der Waals surface area contributed by atoms with E-state index < -0.39 is 0 Å². The van der Waals surface area contributed by atoms with Crippen molar-refractivity contribution in [2.24, 2.45) is 5.92 Å². The molecular weight excluding hydrogens is 206 g/mol. The van der Waals surface area contributed by atoms with E-state index in [1.54, 1.807) is 11.3 Å². The number of nitrogens with zero attached hydrogens (tertiary/aromatic N) is 2. The second-order valence-corrected chi connectivity index (χ2v) is 5.18. The highest BCUT2D eigenvalue weighted by Gasteiger charge is 2.20. The van der Waals surface area contributed by atoms with Gasteiger partial charge in [0.2, 0.25) is 0 Å². The third-order valence-electron chi connectivity index (χ3n) is 3.20. The molecule has 1 aromatic heterocycles. The summed E-state index contributed by atoms with van der Waals surface area (Å²) in [6.45, 7) is 5.96. The van der Waals surface area contributed by atoms with Crippen molar-refractivity contribution in [2.45, 2.75) is 26.2 Å². The van der Waals surface area contributed by atoms with Gasteiger partial charge in [0.05, 0.1) is 5.69 Å². The summed E-state index contributed by atoms with van der Waals surface area (Å²) < 4.78 is 0.